The van der Waals surface area contributed by atoms with Crippen molar-refractivity contribution in [2.45, 2.75) is 13.1 Å². The molecule has 0 atom stereocenters. The summed E-state index contributed by atoms with van der Waals surface area (Å²) < 4.78 is 12.5. The van der Waals surface area contributed by atoms with Crippen molar-refractivity contribution >= 4 is 10.9 Å². The zero-order valence-corrected chi connectivity index (χ0v) is 11.7. The van der Waals surface area contributed by atoms with E-state index >= 15 is 0 Å². The van der Waals surface area contributed by atoms with E-state index < -0.39 is 0 Å². The second-order valence-corrected chi connectivity index (χ2v) is 4.53. The number of nitrogens with zero attached hydrogens (tertiary/aromatic N) is 1. The van der Waals surface area contributed by atoms with Crippen LogP contribution in [0.5, 0.6) is 0 Å². The summed E-state index contributed by atoms with van der Waals surface area (Å²) in [6, 6.07) is 8.49. The lowest BCUT2D eigenvalue weighted by atomic mass is 10.2. The lowest BCUT2D eigenvalue weighted by Gasteiger charge is -2.03. The average Bonchev–Trinajstić information content (AvgIpc) is 2.80. The van der Waals surface area contributed by atoms with Crippen molar-refractivity contribution in [3.05, 3.63) is 36.0 Å². The Morgan fingerprint density at radius 2 is 1.89 bits per heavy atom. The van der Waals surface area contributed by atoms with Crippen LogP contribution in [0.1, 0.15) is 5.56 Å². The first-order valence-electron chi connectivity index (χ1n) is 6.62. The van der Waals surface area contributed by atoms with Gasteiger partial charge in [0.05, 0.1) is 13.2 Å². The van der Waals surface area contributed by atoms with Gasteiger partial charge >= 0.3 is 0 Å². The minimum Gasteiger partial charge on any atom is -0.383 e. The van der Waals surface area contributed by atoms with Gasteiger partial charge in [0.15, 0.2) is 0 Å². The van der Waals surface area contributed by atoms with E-state index in [0.29, 0.717) is 0 Å². The Kier molecular flexibility index (Phi) is 5.39. The summed E-state index contributed by atoms with van der Waals surface area (Å²) in [6.45, 7) is 4.09. The standard InChI is InChI=1S/C15H22N2O2/c1-18-9-7-16-11-13-12-17(8-10-19-2)15-6-4-3-5-14(13)15/h3-6,12,16H,7-11H2,1-2H3. The molecule has 104 valence electrons. The van der Waals surface area contributed by atoms with Gasteiger partial charge in [-0.25, -0.2) is 0 Å². The van der Waals surface area contributed by atoms with Gasteiger partial charge in [-0.2, -0.15) is 0 Å². The van der Waals surface area contributed by atoms with E-state index in [-0.39, 0.29) is 0 Å². The van der Waals surface area contributed by atoms with Gasteiger partial charge < -0.3 is 19.4 Å². The first-order valence-corrected chi connectivity index (χ1v) is 6.62. The topological polar surface area (TPSA) is 35.4 Å². The Hall–Kier alpha value is -1.36. The van der Waals surface area contributed by atoms with Crippen molar-refractivity contribution in [3.8, 4) is 0 Å². The molecule has 0 amide bonds. The molecule has 4 heteroatoms. The van der Waals surface area contributed by atoms with E-state index in [9.17, 15) is 0 Å². The number of fused-ring (bicyclic) bond motifs is 1. The van der Waals surface area contributed by atoms with Crippen molar-refractivity contribution < 1.29 is 9.47 Å². The minimum absolute atomic E-state index is 0.731. The smallest absolute Gasteiger partial charge is 0.0641 e. The quantitative estimate of drug-likeness (QED) is 0.739. The molecule has 0 aliphatic heterocycles. The highest BCUT2D eigenvalue weighted by Crippen LogP contribution is 2.21. The Morgan fingerprint density at radius 1 is 1.11 bits per heavy atom. The molecule has 0 radical (unpaired) electrons. The third-order valence-electron chi connectivity index (χ3n) is 3.21. The molecule has 0 saturated heterocycles. The summed E-state index contributed by atoms with van der Waals surface area (Å²) in [5.74, 6) is 0. The fourth-order valence-corrected chi connectivity index (χ4v) is 2.24. The maximum absolute atomic E-state index is 5.16. The van der Waals surface area contributed by atoms with E-state index in [1.807, 2.05) is 0 Å². The fourth-order valence-electron chi connectivity index (χ4n) is 2.24. The Bertz CT molecular complexity index is 508. The lowest BCUT2D eigenvalue weighted by molar-refractivity contribution is 0.188. The molecule has 0 fully saturated rings. The third-order valence-corrected chi connectivity index (χ3v) is 3.21. The number of nitrogens with one attached hydrogen (secondary N) is 1. The van der Waals surface area contributed by atoms with Crippen LogP contribution in [-0.2, 0) is 22.6 Å². The zero-order chi connectivity index (χ0) is 13.5. The van der Waals surface area contributed by atoms with Gasteiger partial charge in [0, 0.05) is 51.0 Å². The molecule has 0 aliphatic rings. The van der Waals surface area contributed by atoms with Crippen molar-refractivity contribution in [1.29, 1.82) is 0 Å². The van der Waals surface area contributed by atoms with Crippen LogP contribution >= 0.6 is 0 Å². The van der Waals surface area contributed by atoms with Crippen LogP contribution in [-0.4, -0.2) is 38.5 Å². The summed E-state index contributed by atoms with van der Waals surface area (Å²) >= 11 is 0. The average molecular weight is 262 g/mol. The molecule has 0 aliphatic carbocycles. The molecule has 1 heterocycles. The number of benzene rings is 1. The molecular weight excluding hydrogens is 240 g/mol. The SMILES string of the molecule is COCCNCc1cn(CCOC)c2ccccc12. The largest absolute Gasteiger partial charge is 0.383 e. The van der Waals surface area contributed by atoms with Crippen LogP contribution in [0, 0.1) is 0 Å². The first-order chi connectivity index (χ1) is 9.36. The number of para-hydroxylation sites is 1. The number of hydrogen-bond acceptors (Lipinski definition) is 3. The third kappa shape index (κ3) is 3.56. The molecule has 0 saturated carbocycles. The highest BCUT2D eigenvalue weighted by molar-refractivity contribution is 5.83. The van der Waals surface area contributed by atoms with Crippen LogP contribution < -0.4 is 5.32 Å². The summed E-state index contributed by atoms with van der Waals surface area (Å²) in [5.41, 5.74) is 2.59. The van der Waals surface area contributed by atoms with Crippen molar-refractivity contribution in [1.82, 2.24) is 9.88 Å². The predicted molar refractivity (Wildman–Crippen MR) is 77.4 cm³/mol. The van der Waals surface area contributed by atoms with Crippen LogP contribution in [0.2, 0.25) is 0 Å². The van der Waals surface area contributed by atoms with Gasteiger partial charge in [-0.1, -0.05) is 18.2 Å². The maximum Gasteiger partial charge on any atom is 0.0641 e. The second-order valence-electron chi connectivity index (χ2n) is 4.53. The minimum atomic E-state index is 0.731. The molecule has 19 heavy (non-hydrogen) atoms. The number of ether oxygens (including phenoxy) is 2. The number of aromatic nitrogens is 1. The molecule has 1 N–H and O–H groups in total. The normalized spacial score (nSPS) is 11.3. The molecule has 1 aromatic carbocycles. The highest BCUT2D eigenvalue weighted by Gasteiger charge is 2.07. The zero-order valence-electron chi connectivity index (χ0n) is 11.7. The summed E-state index contributed by atoms with van der Waals surface area (Å²) in [4.78, 5) is 0. The molecule has 1 aromatic heterocycles. The van der Waals surface area contributed by atoms with Gasteiger partial charge in [-0.05, 0) is 11.6 Å². The monoisotopic (exact) mass is 262 g/mol. The van der Waals surface area contributed by atoms with Crippen LogP contribution in [0.15, 0.2) is 30.5 Å². The molecule has 0 spiro atoms. The Balaban J connectivity index is 2.13. The summed E-state index contributed by atoms with van der Waals surface area (Å²) in [6.07, 6.45) is 2.21. The van der Waals surface area contributed by atoms with Gasteiger partial charge in [-0.15, -0.1) is 0 Å². The van der Waals surface area contributed by atoms with E-state index in [1.165, 1.54) is 16.5 Å². The number of hydrogen-bond donors (Lipinski definition) is 1. The molecule has 2 aromatic rings. The number of methoxy groups -OCH3 is 2. The fraction of sp³-hybridized carbons (Fsp3) is 0.467. The van der Waals surface area contributed by atoms with Gasteiger partial charge in [0.2, 0.25) is 0 Å². The summed E-state index contributed by atoms with van der Waals surface area (Å²) in [7, 11) is 3.46. The second kappa shape index (κ2) is 7.28. The highest BCUT2D eigenvalue weighted by atomic mass is 16.5. The molecule has 0 bridgehead atoms. The van der Waals surface area contributed by atoms with Gasteiger partial charge in [-0.3, -0.25) is 0 Å². The van der Waals surface area contributed by atoms with E-state index in [2.05, 4.69) is 40.3 Å². The van der Waals surface area contributed by atoms with Gasteiger partial charge in [0.25, 0.3) is 0 Å². The van der Waals surface area contributed by atoms with E-state index in [4.69, 9.17) is 9.47 Å². The Labute approximate surface area is 114 Å². The van der Waals surface area contributed by atoms with Crippen molar-refractivity contribution in [2.24, 2.45) is 0 Å². The molecule has 0 unspecified atom stereocenters. The van der Waals surface area contributed by atoms with E-state index in [0.717, 1.165) is 32.8 Å². The van der Waals surface area contributed by atoms with Crippen molar-refractivity contribution in [2.75, 3.05) is 34.0 Å². The Morgan fingerprint density at radius 3 is 2.68 bits per heavy atom. The van der Waals surface area contributed by atoms with Crippen LogP contribution in [0.4, 0.5) is 0 Å². The predicted octanol–water partition coefficient (Wildman–Crippen LogP) is 2.02. The lowest BCUT2D eigenvalue weighted by Crippen LogP contribution is -2.18. The first kappa shape index (κ1) is 14.1. The van der Waals surface area contributed by atoms with Crippen LogP contribution in [0.3, 0.4) is 0 Å². The molecule has 4 nitrogen and oxygen atoms in total. The van der Waals surface area contributed by atoms with Crippen LogP contribution in [0.25, 0.3) is 10.9 Å². The molecular formula is C15H22N2O2. The maximum atomic E-state index is 5.16. The van der Waals surface area contributed by atoms with Crippen molar-refractivity contribution in [3.63, 3.8) is 0 Å². The van der Waals surface area contributed by atoms with Gasteiger partial charge in [0.1, 0.15) is 0 Å². The number of rotatable bonds is 8. The summed E-state index contributed by atoms with van der Waals surface area (Å²) in [5, 5.41) is 4.70. The van der Waals surface area contributed by atoms with E-state index in [1.54, 1.807) is 14.2 Å². The molecule has 2 rings (SSSR count).